The van der Waals surface area contributed by atoms with Gasteiger partial charge < -0.3 is 4.74 Å². The predicted molar refractivity (Wildman–Crippen MR) is 52.6 cm³/mol. The second-order valence-corrected chi connectivity index (χ2v) is 4.58. The lowest BCUT2D eigenvalue weighted by Gasteiger charge is -2.43. The van der Waals surface area contributed by atoms with Crippen LogP contribution in [0, 0.1) is 11.8 Å². The number of carbonyl (C=O) groups is 1. The molecule has 1 aliphatic rings. The quantitative estimate of drug-likeness (QED) is 0.658. The largest absolute Gasteiger partial charge is 0.374 e. The molecule has 1 rings (SSSR count). The van der Waals surface area contributed by atoms with Gasteiger partial charge in [-0.15, -0.1) is 0 Å². The summed E-state index contributed by atoms with van der Waals surface area (Å²) in [6, 6.07) is 0. The van der Waals surface area contributed by atoms with Gasteiger partial charge in [0.05, 0.1) is 12.2 Å². The molecule has 0 bridgehead atoms. The Labute approximate surface area is 80.7 Å². The zero-order valence-electron chi connectivity index (χ0n) is 9.09. The van der Waals surface area contributed by atoms with Crippen LogP contribution in [0.15, 0.2) is 0 Å². The molecule has 76 valence electrons. The molecular formula is C11H20O2. The Morgan fingerprint density at radius 3 is 2.08 bits per heavy atom. The van der Waals surface area contributed by atoms with E-state index in [9.17, 15) is 4.79 Å². The van der Waals surface area contributed by atoms with Crippen molar-refractivity contribution in [3.8, 4) is 0 Å². The van der Waals surface area contributed by atoms with Crippen molar-refractivity contribution in [2.75, 3.05) is 6.61 Å². The van der Waals surface area contributed by atoms with E-state index in [1.165, 1.54) is 0 Å². The molecule has 2 nitrogen and oxygen atoms in total. The van der Waals surface area contributed by atoms with Crippen molar-refractivity contribution < 1.29 is 9.53 Å². The molecule has 0 aromatic carbocycles. The van der Waals surface area contributed by atoms with Crippen LogP contribution in [-0.4, -0.2) is 18.0 Å². The van der Waals surface area contributed by atoms with E-state index in [0.717, 1.165) is 0 Å². The SMILES string of the molecule is CC(C)C1(C(C)C)CC(=O)CCO1. The summed E-state index contributed by atoms with van der Waals surface area (Å²) < 4.78 is 5.84. The number of ketones is 1. The lowest BCUT2D eigenvalue weighted by molar-refractivity contribution is -0.158. The summed E-state index contributed by atoms with van der Waals surface area (Å²) in [5.74, 6) is 1.18. The molecule has 0 unspecified atom stereocenters. The molecule has 1 heterocycles. The molecule has 0 aliphatic carbocycles. The van der Waals surface area contributed by atoms with Crippen molar-refractivity contribution in [2.45, 2.75) is 46.1 Å². The molecule has 1 fully saturated rings. The first-order valence-electron chi connectivity index (χ1n) is 5.14. The van der Waals surface area contributed by atoms with Gasteiger partial charge in [-0.05, 0) is 11.8 Å². The summed E-state index contributed by atoms with van der Waals surface area (Å²) in [6.45, 7) is 9.16. The van der Waals surface area contributed by atoms with Crippen molar-refractivity contribution in [3.05, 3.63) is 0 Å². The van der Waals surface area contributed by atoms with Crippen LogP contribution < -0.4 is 0 Å². The van der Waals surface area contributed by atoms with E-state index in [1.54, 1.807) is 0 Å². The summed E-state index contributed by atoms with van der Waals surface area (Å²) in [6.07, 6.45) is 1.20. The Kier molecular flexibility index (Phi) is 3.12. The number of Topliss-reactive ketones (excluding diaryl/α,β-unsaturated/α-hetero) is 1. The molecule has 0 atom stereocenters. The second kappa shape index (κ2) is 3.79. The van der Waals surface area contributed by atoms with Crippen LogP contribution in [-0.2, 0) is 9.53 Å². The average molecular weight is 184 g/mol. The minimum Gasteiger partial charge on any atom is -0.374 e. The van der Waals surface area contributed by atoms with E-state index in [-0.39, 0.29) is 5.60 Å². The van der Waals surface area contributed by atoms with Gasteiger partial charge in [0.25, 0.3) is 0 Å². The molecule has 0 amide bonds. The molecule has 1 saturated heterocycles. The Balaban J connectivity index is 2.83. The summed E-state index contributed by atoms with van der Waals surface area (Å²) >= 11 is 0. The maximum absolute atomic E-state index is 11.4. The van der Waals surface area contributed by atoms with Crippen molar-refractivity contribution in [1.82, 2.24) is 0 Å². The molecule has 0 spiro atoms. The van der Waals surface area contributed by atoms with Gasteiger partial charge in [-0.1, -0.05) is 27.7 Å². The number of ether oxygens (including phenoxy) is 1. The van der Waals surface area contributed by atoms with E-state index in [2.05, 4.69) is 27.7 Å². The van der Waals surface area contributed by atoms with Gasteiger partial charge in [0.1, 0.15) is 5.78 Å². The Morgan fingerprint density at radius 1 is 1.23 bits per heavy atom. The van der Waals surface area contributed by atoms with Crippen LogP contribution >= 0.6 is 0 Å². The Bertz CT molecular complexity index is 186. The van der Waals surface area contributed by atoms with Gasteiger partial charge in [0.2, 0.25) is 0 Å². The average Bonchev–Trinajstić information content (AvgIpc) is 2.03. The van der Waals surface area contributed by atoms with Crippen molar-refractivity contribution >= 4 is 5.78 Å². The predicted octanol–water partition coefficient (Wildman–Crippen LogP) is 2.42. The van der Waals surface area contributed by atoms with Crippen LogP contribution in [0.1, 0.15) is 40.5 Å². The van der Waals surface area contributed by atoms with E-state index in [4.69, 9.17) is 4.74 Å². The molecule has 0 saturated carbocycles. The second-order valence-electron chi connectivity index (χ2n) is 4.58. The van der Waals surface area contributed by atoms with Gasteiger partial charge in [-0.3, -0.25) is 4.79 Å². The van der Waals surface area contributed by atoms with Gasteiger partial charge in [-0.25, -0.2) is 0 Å². The molecule has 0 radical (unpaired) electrons. The van der Waals surface area contributed by atoms with E-state index >= 15 is 0 Å². The highest BCUT2D eigenvalue weighted by Gasteiger charge is 2.42. The van der Waals surface area contributed by atoms with Crippen molar-refractivity contribution in [1.29, 1.82) is 0 Å². The summed E-state index contributed by atoms with van der Waals surface area (Å²) in [5, 5.41) is 0. The normalized spacial score (nSPS) is 22.8. The summed E-state index contributed by atoms with van der Waals surface area (Å²) in [5.41, 5.74) is -0.199. The van der Waals surface area contributed by atoms with E-state index in [0.29, 0.717) is 37.1 Å². The zero-order chi connectivity index (χ0) is 10.1. The molecular weight excluding hydrogens is 164 g/mol. The third-order valence-electron chi connectivity index (χ3n) is 3.18. The van der Waals surface area contributed by atoms with Crippen LogP contribution in [0.2, 0.25) is 0 Å². The molecule has 0 aromatic heterocycles. The van der Waals surface area contributed by atoms with E-state index in [1.807, 2.05) is 0 Å². The molecule has 0 N–H and O–H groups in total. The first kappa shape index (κ1) is 10.7. The van der Waals surface area contributed by atoms with Crippen molar-refractivity contribution in [3.63, 3.8) is 0 Å². The molecule has 1 aliphatic heterocycles. The lowest BCUT2D eigenvalue weighted by atomic mass is 9.75. The standard InChI is InChI=1S/C11H20O2/c1-8(2)11(9(3)4)7-10(12)5-6-13-11/h8-9H,5-7H2,1-4H3. The highest BCUT2D eigenvalue weighted by Crippen LogP contribution is 2.36. The fraction of sp³-hybridized carbons (Fsp3) is 0.909. The maximum Gasteiger partial charge on any atom is 0.138 e. The highest BCUT2D eigenvalue weighted by molar-refractivity contribution is 5.80. The maximum atomic E-state index is 11.4. The summed E-state index contributed by atoms with van der Waals surface area (Å²) in [4.78, 5) is 11.4. The minimum atomic E-state index is -0.199. The van der Waals surface area contributed by atoms with Crippen molar-refractivity contribution in [2.24, 2.45) is 11.8 Å². The van der Waals surface area contributed by atoms with Crippen LogP contribution in [0.3, 0.4) is 0 Å². The van der Waals surface area contributed by atoms with E-state index < -0.39 is 0 Å². The van der Waals surface area contributed by atoms with Gasteiger partial charge >= 0.3 is 0 Å². The first-order valence-corrected chi connectivity index (χ1v) is 5.14. The zero-order valence-corrected chi connectivity index (χ0v) is 9.09. The molecule has 0 aromatic rings. The summed E-state index contributed by atoms with van der Waals surface area (Å²) in [7, 11) is 0. The number of hydrogen-bond acceptors (Lipinski definition) is 2. The minimum absolute atomic E-state index is 0.199. The van der Waals surface area contributed by atoms with Crippen LogP contribution in [0.4, 0.5) is 0 Å². The monoisotopic (exact) mass is 184 g/mol. The molecule has 13 heavy (non-hydrogen) atoms. The lowest BCUT2D eigenvalue weighted by Crippen LogP contribution is -2.48. The van der Waals surface area contributed by atoms with Gasteiger partial charge in [-0.2, -0.15) is 0 Å². The van der Waals surface area contributed by atoms with Crippen LogP contribution in [0.25, 0.3) is 0 Å². The fourth-order valence-corrected chi connectivity index (χ4v) is 2.21. The highest BCUT2D eigenvalue weighted by atomic mass is 16.5. The number of carbonyl (C=O) groups excluding carboxylic acids is 1. The number of rotatable bonds is 2. The van der Waals surface area contributed by atoms with Gasteiger partial charge in [0.15, 0.2) is 0 Å². The number of hydrogen-bond donors (Lipinski definition) is 0. The topological polar surface area (TPSA) is 26.3 Å². The first-order chi connectivity index (χ1) is 5.99. The van der Waals surface area contributed by atoms with Gasteiger partial charge in [0, 0.05) is 12.8 Å². The third kappa shape index (κ3) is 1.93. The third-order valence-corrected chi connectivity index (χ3v) is 3.18. The molecule has 2 heteroatoms. The fourth-order valence-electron chi connectivity index (χ4n) is 2.21. The van der Waals surface area contributed by atoms with Crippen LogP contribution in [0.5, 0.6) is 0 Å². The smallest absolute Gasteiger partial charge is 0.138 e. The Morgan fingerprint density at radius 2 is 1.77 bits per heavy atom. The Hall–Kier alpha value is -0.370.